The van der Waals surface area contributed by atoms with Crippen molar-refractivity contribution in [3.8, 4) is 0 Å². The van der Waals surface area contributed by atoms with Crippen molar-refractivity contribution in [3.63, 3.8) is 0 Å². The SMILES string of the molecule is CN(C)C(=O)CCn1ccc2cc(F)ccc21. The lowest BCUT2D eigenvalue weighted by Crippen LogP contribution is -2.22. The van der Waals surface area contributed by atoms with E-state index in [1.807, 2.05) is 16.8 Å². The van der Waals surface area contributed by atoms with Gasteiger partial charge in [0.05, 0.1) is 0 Å². The molecule has 0 bridgehead atoms. The summed E-state index contributed by atoms with van der Waals surface area (Å²) in [6.45, 7) is 0.617. The van der Waals surface area contributed by atoms with E-state index in [0.29, 0.717) is 13.0 Å². The summed E-state index contributed by atoms with van der Waals surface area (Å²) < 4.78 is 15.0. The molecular weight excluding hydrogens is 219 g/mol. The second-order valence-electron chi connectivity index (χ2n) is 4.25. The van der Waals surface area contributed by atoms with Crippen LogP contribution in [0.3, 0.4) is 0 Å². The smallest absolute Gasteiger partial charge is 0.223 e. The predicted octanol–water partition coefficient (Wildman–Crippen LogP) is 2.26. The molecule has 3 nitrogen and oxygen atoms in total. The average Bonchev–Trinajstić information content (AvgIpc) is 2.67. The highest BCUT2D eigenvalue weighted by Gasteiger charge is 2.06. The summed E-state index contributed by atoms with van der Waals surface area (Å²) >= 11 is 0. The summed E-state index contributed by atoms with van der Waals surface area (Å²) in [5.74, 6) is -0.145. The summed E-state index contributed by atoms with van der Waals surface area (Å²) in [6, 6.07) is 6.54. The van der Waals surface area contributed by atoms with Gasteiger partial charge in [-0.05, 0) is 24.3 Å². The zero-order valence-electron chi connectivity index (χ0n) is 9.98. The summed E-state index contributed by atoms with van der Waals surface area (Å²) in [7, 11) is 3.48. The Morgan fingerprint density at radius 2 is 2.12 bits per heavy atom. The molecule has 2 rings (SSSR count). The Bertz CT molecular complexity index is 545. The van der Waals surface area contributed by atoms with Gasteiger partial charge in [0.2, 0.25) is 5.91 Å². The zero-order chi connectivity index (χ0) is 12.4. The van der Waals surface area contributed by atoms with Gasteiger partial charge < -0.3 is 9.47 Å². The number of fused-ring (bicyclic) bond motifs is 1. The van der Waals surface area contributed by atoms with E-state index in [-0.39, 0.29) is 11.7 Å². The van der Waals surface area contributed by atoms with E-state index in [9.17, 15) is 9.18 Å². The fourth-order valence-corrected chi connectivity index (χ4v) is 1.81. The molecule has 0 saturated carbocycles. The third kappa shape index (κ3) is 2.46. The maximum atomic E-state index is 13.0. The maximum Gasteiger partial charge on any atom is 0.223 e. The molecule has 0 spiro atoms. The molecule has 0 aliphatic rings. The quantitative estimate of drug-likeness (QED) is 0.799. The molecule has 2 aromatic rings. The van der Waals surface area contributed by atoms with Gasteiger partial charge in [-0.15, -0.1) is 0 Å². The van der Waals surface area contributed by atoms with E-state index in [1.165, 1.54) is 12.1 Å². The lowest BCUT2D eigenvalue weighted by atomic mass is 10.2. The van der Waals surface area contributed by atoms with E-state index in [1.54, 1.807) is 25.1 Å². The van der Waals surface area contributed by atoms with Crippen LogP contribution in [0.15, 0.2) is 30.5 Å². The third-order valence-electron chi connectivity index (χ3n) is 2.80. The Kier molecular flexibility index (Phi) is 3.13. The minimum atomic E-state index is -0.236. The van der Waals surface area contributed by atoms with Crippen LogP contribution < -0.4 is 0 Å². The second-order valence-corrected chi connectivity index (χ2v) is 4.25. The van der Waals surface area contributed by atoms with Gasteiger partial charge in [-0.2, -0.15) is 0 Å². The fourth-order valence-electron chi connectivity index (χ4n) is 1.81. The molecule has 1 aromatic carbocycles. The number of rotatable bonds is 3. The Labute approximate surface area is 99.4 Å². The number of carbonyl (C=O) groups is 1. The number of carbonyl (C=O) groups excluding carboxylic acids is 1. The van der Waals surface area contributed by atoms with Gasteiger partial charge in [0.1, 0.15) is 5.82 Å². The van der Waals surface area contributed by atoms with Crippen molar-refractivity contribution >= 4 is 16.8 Å². The molecular formula is C13H15FN2O. The highest BCUT2D eigenvalue weighted by Crippen LogP contribution is 2.17. The molecule has 1 amide bonds. The van der Waals surface area contributed by atoms with Crippen LogP contribution in [0.5, 0.6) is 0 Å². The molecule has 0 aliphatic carbocycles. The molecule has 1 heterocycles. The number of amides is 1. The number of aromatic nitrogens is 1. The Morgan fingerprint density at radius 3 is 2.82 bits per heavy atom. The average molecular weight is 234 g/mol. The number of halogens is 1. The molecule has 4 heteroatoms. The lowest BCUT2D eigenvalue weighted by molar-refractivity contribution is -0.128. The van der Waals surface area contributed by atoms with Gasteiger partial charge in [0.25, 0.3) is 0 Å². The highest BCUT2D eigenvalue weighted by molar-refractivity contribution is 5.80. The van der Waals surface area contributed by atoms with Crippen LogP contribution in [0, 0.1) is 5.82 Å². The van der Waals surface area contributed by atoms with Gasteiger partial charge in [0.15, 0.2) is 0 Å². The van der Waals surface area contributed by atoms with Crippen molar-refractivity contribution in [1.82, 2.24) is 9.47 Å². The van der Waals surface area contributed by atoms with Crippen LogP contribution in [0.4, 0.5) is 4.39 Å². The lowest BCUT2D eigenvalue weighted by Gasteiger charge is -2.11. The fraction of sp³-hybridized carbons (Fsp3) is 0.308. The topological polar surface area (TPSA) is 25.2 Å². The Balaban J connectivity index is 2.17. The van der Waals surface area contributed by atoms with Crippen molar-refractivity contribution < 1.29 is 9.18 Å². The van der Waals surface area contributed by atoms with Gasteiger partial charge in [0, 0.05) is 44.2 Å². The number of hydrogen-bond donors (Lipinski definition) is 0. The standard InChI is InChI=1S/C13H15FN2O/c1-15(2)13(17)6-8-16-7-5-10-9-11(14)3-4-12(10)16/h3-5,7,9H,6,8H2,1-2H3. The molecule has 0 aliphatic heterocycles. The van der Waals surface area contributed by atoms with Crippen molar-refractivity contribution in [3.05, 3.63) is 36.3 Å². The zero-order valence-corrected chi connectivity index (χ0v) is 9.98. The summed E-state index contributed by atoms with van der Waals surface area (Å²) in [4.78, 5) is 13.1. The summed E-state index contributed by atoms with van der Waals surface area (Å²) in [6.07, 6.45) is 2.33. The molecule has 0 unspecified atom stereocenters. The van der Waals surface area contributed by atoms with Crippen molar-refractivity contribution in [2.24, 2.45) is 0 Å². The molecule has 90 valence electrons. The number of benzene rings is 1. The Hall–Kier alpha value is -1.84. The number of hydrogen-bond acceptors (Lipinski definition) is 1. The second kappa shape index (κ2) is 4.57. The van der Waals surface area contributed by atoms with Crippen LogP contribution in [-0.4, -0.2) is 29.5 Å². The number of nitrogens with zero attached hydrogens (tertiary/aromatic N) is 2. The Morgan fingerprint density at radius 1 is 1.35 bits per heavy atom. The van der Waals surface area contributed by atoms with E-state index in [0.717, 1.165) is 10.9 Å². The third-order valence-corrected chi connectivity index (χ3v) is 2.80. The van der Waals surface area contributed by atoms with Crippen LogP contribution in [0.2, 0.25) is 0 Å². The molecule has 0 radical (unpaired) electrons. The molecule has 1 aromatic heterocycles. The van der Waals surface area contributed by atoms with Crippen LogP contribution in [0.25, 0.3) is 10.9 Å². The number of aryl methyl sites for hydroxylation is 1. The monoisotopic (exact) mass is 234 g/mol. The normalized spacial score (nSPS) is 10.8. The van der Waals surface area contributed by atoms with E-state index in [2.05, 4.69) is 0 Å². The van der Waals surface area contributed by atoms with E-state index < -0.39 is 0 Å². The predicted molar refractivity (Wildman–Crippen MR) is 65.2 cm³/mol. The summed E-state index contributed by atoms with van der Waals surface area (Å²) in [5.41, 5.74) is 0.956. The molecule has 17 heavy (non-hydrogen) atoms. The first-order valence-corrected chi connectivity index (χ1v) is 5.52. The minimum Gasteiger partial charge on any atom is -0.349 e. The van der Waals surface area contributed by atoms with Crippen molar-refractivity contribution in [2.45, 2.75) is 13.0 Å². The first kappa shape index (κ1) is 11.6. The van der Waals surface area contributed by atoms with Crippen molar-refractivity contribution in [1.29, 1.82) is 0 Å². The van der Waals surface area contributed by atoms with Gasteiger partial charge in [-0.3, -0.25) is 4.79 Å². The van der Waals surface area contributed by atoms with Crippen LogP contribution in [0.1, 0.15) is 6.42 Å². The largest absolute Gasteiger partial charge is 0.349 e. The molecule has 0 N–H and O–H groups in total. The first-order valence-electron chi connectivity index (χ1n) is 5.52. The van der Waals surface area contributed by atoms with Crippen molar-refractivity contribution in [2.75, 3.05) is 14.1 Å². The highest BCUT2D eigenvalue weighted by atomic mass is 19.1. The van der Waals surface area contributed by atoms with Gasteiger partial charge >= 0.3 is 0 Å². The minimum absolute atomic E-state index is 0.0916. The molecule has 0 atom stereocenters. The van der Waals surface area contributed by atoms with E-state index >= 15 is 0 Å². The van der Waals surface area contributed by atoms with Crippen LogP contribution in [-0.2, 0) is 11.3 Å². The summed E-state index contributed by atoms with van der Waals surface area (Å²) in [5, 5.41) is 0.863. The molecule has 0 saturated heterocycles. The maximum absolute atomic E-state index is 13.0. The van der Waals surface area contributed by atoms with Crippen LogP contribution >= 0.6 is 0 Å². The van der Waals surface area contributed by atoms with E-state index in [4.69, 9.17) is 0 Å². The first-order chi connectivity index (χ1) is 8.08. The molecule has 0 fully saturated rings. The van der Waals surface area contributed by atoms with Gasteiger partial charge in [-0.1, -0.05) is 0 Å². The van der Waals surface area contributed by atoms with Gasteiger partial charge in [-0.25, -0.2) is 4.39 Å².